The summed E-state index contributed by atoms with van der Waals surface area (Å²) >= 11 is 0. The quantitative estimate of drug-likeness (QED) is 0.226. The second-order valence-corrected chi connectivity index (χ2v) is 6.80. The van der Waals surface area contributed by atoms with E-state index in [1.165, 1.54) is 30.2 Å². The number of amides is 1. The smallest absolute Gasteiger partial charge is 0.295 e. The van der Waals surface area contributed by atoms with Crippen molar-refractivity contribution in [2.24, 2.45) is 0 Å². The molecule has 0 aromatic heterocycles. The zero-order valence-electron chi connectivity index (χ0n) is 17.1. The van der Waals surface area contributed by atoms with Crippen LogP contribution in [-0.2, 0) is 14.3 Å². The molecular weight excluding hydrogens is 404 g/mol. The maximum absolute atomic E-state index is 12.9. The number of ketones is 1. The van der Waals surface area contributed by atoms with Crippen LogP contribution < -0.4 is 4.74 Å². The summed E-state index contributed by atoms with van der Waals surface area (Å²) < 4.78 is 10.6. The molecule has 1 aliphatic heterocycles. The monoisotopic (exact) mass is 426 g/mol. The minimum Gasteiger partial charge on any atom is -0.507 e. The number of likely N-dealkylation sites (tertiary alicyclic amines) is 1. The van der Waals surface area contributed by atoms with E-state index in [1.54, 1.807) is 24.3 Å². The van der Waals surface area contributed by atoms with Crippen molar-refractivity contribution in [2.45, 2.75) is 13.0 Å². The lowest BCUT2D eigenvalue weighted by atomic mass is 9.95. The fraction of sp³-hybridized carbons (Fsp3) is 0.273. The van der Waals surface area contributed by atoms with E-state index in [-0.39, 0.29) is 30.0 Å². The maximum atomic E-state index is 12.9. The lowest BCUT2D eigenvalue weighted by Gasteiger charge is -2.25. The number of aliphatic hydroxyl groups excluding tert-OH is 1. The summed E-state index contributed by atoms with van der Waals surface area (Å²) in [7, 11) is 1.48. The summed E-state index contributed by atoms with van der Waals surface area (Å²) in [4.78, 5) is 37.5. The molecule has 0 spiro atoms. The lowest BCUT2D eigenvalue weighted by Crippen LogP contribution is -2.32. The van der Waals surface area contributed by atoms with Gasteiger partial charge in [-0.2, -0.15) is 0 Å². The second-order valence-electron chi connectivity index (χ2n) is 6.80. The van der Waals surface area contributed by atoms with Crippen molar-refractivity contribution < 1.29 is 29.1 Å². The van der Waals surface area contributed by atoms with Gasteiger partial charge in [-0.15, -0.1) is 0 Å². The molecule has 1 unspecified atom stereocenters. The molecule has 1 heterocycles. The zero-order valence-corrected chi connectivity index (χ0v) is 17.1. The highest BCUT2D eigenvalue weighted by Crippen LogP contribution is 2.40. The van der Waals surface area contributed by atoms with Crippen LogP contribution in [0.1, 0.15) is 24.1 Å². The van der Waals surface area contributed by atoms with Crippen LogP contribution >= 0.6 is 0 Å². The lowest BCUT2D eigenvalue weighted by molar-refractivity contribution is -0.384. The Balaban J connectivity index is 2.17. The Kier molecular flexibility index (Phi) is 6.66. The highest BCUT2D eigenvalue weighted by atomic mass is 16.6. The third-order valence-electron chi connectivity index (χ3n) is 4.89. The Bertz CT molecular complexity index is 1050. The molecule has 1 saturated heterocycles. The van der Waals surface area contributed by atoms with Gasteiger partial charge in [-0.05, 0) is 24.6 Å². The second kappa shape index (κ2) is 9.40. The number of hydrogen-bond donors (Lipinski definition) is 1. The van der Waals surface area contributed by atoms with E-state index < -0.39 is 28.4 Å². The van der Waals surface area contributed by atoms with E-state index in [1.807, 2.05) is 6.92 Å². The Morgan fingerprint density at radius 2 is 1.94 bits per heavy atom. The molecule has 0 radical (unpaired) electrons. The zero-order chi connectivity index (χ0) is 22.5. The van der Waals surface area contributed by atoms with Gasteiger partial charge in [-0.3, -0.25) is 19.7 Å². The molecule has 162 valence electrons. The van der Waals surface area contributed by atoms with Crippen molar-refractivity contribution >= 4 is 23.1 Å². The van der Waals surface area contributed by atoms with Crippen LogP contribution in [0.25, 0.3) is 5.76 Å². The topological polar surface area (TPSA) is 119 Å². The summed E-state index contributed by atoms with van der Waals surface area (Å²) in [6.45, 7) is 2.57. The minimum atomic E-state index is -0.894. The number of benzene rings is 2. The largest absolute Gasteiger partial charge is 0.507 e. The molecule has 0 aliphatic carbocycles. The number of nitrogens with zero attached hydrogens (tertiary/aromatic N) is 2. The van der Waals surface area contributed by atoms with Gasteiger partial charge in [-0.1, -0.05) is 24.3 Å². The van der Waals surface area contributed by atoms with Crippen LogP contribution in [0.5, 0.6) is 5.75 Å². The molecule has 9 heteroatoms. The van der Waals surface area contributed by atoms with Crippen LogP contribution in [-0.4, -0.2) is 53.5 Å². The number of methoxy groups -OCH3 is 1. The Morgan fingerprint density at radius 1 is 1.19 bits per heavy atom. The molecular formula is C22H22N2O7. The van der Waals surface area contributed by atoms with Gasteiger partial charge in [0.05, 0.1) is 29.8 Å². The molecule has 9 nitrogen and oxygen atoms in total. The number of carbonyl (C=O) groups excluding carboxylic acids is 2. The third kappa shape index (κ3) is 4.41. The van der Waals surface area contributed by atoms with Crippen molar-refractivity contribution in [1.29, 1.82) is 0 Å². The van der Waals surface area contributed by atoms with Crippen LogP contribution in [0, 0.1) is 10.1 Å². The van der Waals surface area contributed by atoms with E-state index in [2.05, 4.69) is 0 Å². The summed E-state index contributed by atoms with van der Waals surface area (Å²) in [6.07, 6.45) is 0. The number of carbonyl (C=O) groups is 2. The summed E-state index contributed by atoms with van der Waals surface area (Å²) in [5, 5.41) is 22.1. The Hall–Kier alpha value is -3.72. The Labute approximate surface area is 178 Å². The highest BCUT2D eigenvalue weighted by Gasteiger charge is 2.46. The molecule has 31 heavy (non-hydrogen) atoms. The van der Waals surface area contributed by atoms with E-state index in [4.69, 9.17) is 9.47 Å². The molecule has 1 amide bonds. The van der Waals surface area contributed by atoms with Crippen molar-refractivity contribution in [3.63, 3.8) is 0 Å². The van der Waals surface area contributed by atoms with Gasteiger partial charge < -0.3 is 19.5 Å². The first-order chi connectivity index (χ1) is 14.9. The molecule has 3 rings (SSSR count). The number of aliphatic hydroxyl groups is 1. The first-order valence-corrected chi connectivity index (χ1v) is 9.64. The fourth-order valence-electron chi connectivity index (χ4n) is 3.51. The number of non-ortho nitro benzene ring substituents is 1. The minimum absolute atomic E-state index is 0.0740. The summed E-state index contributed by atoms with van der Waals surface area (Å²) in [5.74, 6) is -1.58. The van der Waals surface area contributed by atoms with Gasteiger partial charge in [0, 0.05) is 31.4 Å². The van der Waals surface area contributed by atoms with Crippen LogP contribution in [0.2, 0.25) is 0 Å². The molecule has 2 aromatic carbocycles. The van der Waals surface area contributed by atoms with Gasteiger partial charge >= 0.3 is 0 Å². The van der Waals surface area contributed by atoms with Gasteiger partial charge in [0.15, 0.2) is 0 Å². The summed E-state index contributed by atoms with van der Waals surface area (Å²) in [6, 6.07) is 11.3. The van der Waals surface area contributed by atoms with Crippen molar-refractivity contribution in [3.05, 3.63) is 75.3 Å². The predicted molar refractivity (Wildman–Crippen MR) is 112 cm³/mol. The number of ether oxygens (including phenoxy) is 2. The number of nitro benzene ring substituents is 1. The average molecular weight is 426 g/mol. The number of rotatable bonds is 8. The highest BCUT2D eigenvalue weighted by molar-refractivity contribution is 6.46. The number of hydrogen-bond acceptors (Lipinski definition) is 7. The van der Waals surface area contributed by atoms with Crippen molar-refractivity contribution in [1.82, 2.24) is 4.90 Å². The molecule has 0 saturated carbocycles. The van der Waals surface area contributed by atoms with Crippen LogP contribution in [0.15, 0.2) is 54.1 Å². The van der Waals surface area contributed by atoms with E-state index in [0.717, 1.165) is 6.07 Å². The van der Waals surface area contributed by atoms with Gasteiger partial charge in [-0.25, -0.2) is 0 Å². The molecule has 1 fully saturated rings. The first kappa shape index (κ1) is 22.0. The predicted octanol–water partition coefficient (Wildman–Crippen LogP) is 3.06. The number of Topliss-reactive ketones (excluding diaryl/α,β-unsaturated/α-hetero) is 1. The van der Waals surface area contributed by atoms with Crippen molar-refractivity contribution in [2.75, 3.05) is 26.9 Å². The third-order valence-corrected chi connectivity index (χ3v) is 4.89. The maximum Gasteiger partial charge on any atom is 0.295 e. The van der Waals surface area contributed by atoms with Crippen LogP contribution in [0.4, 0.5) is 5.69 Å². The molecule has 1 atom stereocenters. The standard InChI is InChI=1S/C22H22N2O7/c1-3-31-17-9-5-6-14(13-17)19-18(21(26)22(27)23(19)10-11-30-2)20(25)15-7-4-8-16(12-15)24(28)29/h4-9,12-13,19,25H,3,10-11H2,1-2H3/b20-18-. The van der Waals surface area contributed by atoms with Crippen LogP contribution in [0.3, 0.4) is 0 Å². The normalized spacial score (nSPS) is 17.7. The molecule has 1 N–H and O–H groups in total. The molecule has 0 bridgehead atoms. The van der Waals surface area contributed by atoms with E-state index >= 15 is 0 Å². The van der Waals surface area contributed by atoms with Gasteiger partial charge in [0.2, 0.25) is 0 Å². The average Bonchev–Trinajstić information content (AvgIpc) is 3.02. The summed E-state index contributed by atoms with van der Waals surface area (Å²) in [5.41, 5.74) is 0.251. The number of nitro groups is 1. The fourth-order valence-corrected chi connectivity index (χ4v) is 3.51. The van der Waals surface area contributed by atoms with E-state index in [0.29, 0.717) is 17.9 Å². The molecule has 2 aromatic rings. The van der Waals surface area contributed by atoms with Gasteiger partial charge in [0.1, 0.15) is 11.5 Å². The van der Waals surface area contributed by atoms with E-state index in [9.17, 15) is 24.8 Å². The Morgan fingerprint density at radius 3 is 2.61 bits per heavy atom. The van der Waals surface area contributed by atoms with Crippen molar-refractivity contribution in [3.8, 4) is 5.75 Å². The SMILES string of the molecule is CCOc1cccc(C2/C(=C(/O)c3cccc([N+](=O)[O-])c3)C(=O)C(=O)N2CCOC)c1. The van der Waals surface area contributed by atoms with Gasteiger partial charge in [0.25, 0.3) is 17.4 Å². The molecule has 1 aliphatic rings. The first-order valence-electron chi connectivity index (χ1n) is 9.64.